The Balaban J connectivity index is 2.23. The van der Waals surface area contributed by atoms with Gasteiger partial charge in [-0.25, -0.2) is 4.39 Å². The third-order valence-electron chi connectivity index (χ3n) is 2.80. The van der Waals surface area contributed by atoms with Crippen LogP contribution in [0, 0.1) is 0 Å². The van der Waals surface area contributed by atoms with Crippen molar-refractivity contribution in [3.05, 3.63) is 35.4 Å². The second kappa shape index (κ2) is 4.54. The van der Waals surface area contributed by atoms with E-state index < -0.39 is 5.67 Å². The molecule has 0 aromatic heterocycles. The molecular weight excluding hydrogens is 209 g/mol. The van der Waals surface area contributed by atoms with Gasteiger partial charge in [0.15, 0.2) is 0 Å². The highest BCUT2D eigenvalue weighted by molar-refractivity contribution is 7.99. The van der Waals surface area contributed by atoms with Crippen LogP contribution in [0.3, 0.4) is 0 Å². The van der Waals surface area contributed by atoms with E-state index in [4.69, 9.17) is 0 Å². The summed E-state index contributed by atoms with van der Waals surface area (Å²) in [5, 5.41) is 3.09. The van der Waals surface area contributed by atoms with Gasteiger partial charge in [-0.3, -0.25) is 0 Å². The molecule has 1 N–H and O–H groups in total. The molecule has 1 atom stereocenters. The van der Waals surface area contributed by atoms with E-state index in [9.17, 15) is 4.39 Å². The van der Waals surface area contributed by atoms with Crippen molar-refractivity contribution in [2.75, 3.05) is 18.6 Å². The summed E-state index contributed by atoms with van der Waals surface area (Å²) in [6.45, 7) is 0.803. The molecule has 1 saturated heterocycles. The predicted molar refractivity (Wildman–Crippen MR) is 63.9 cm³/mol. The fraction of sp³-hybridized carbons (Fsp3) is 0.500. The second-order valence-corrected chi connectivity index (χ2v) is 5.10. The van der Waals surface area contributed by atoms with Crippen molar-refractivity contribution >= 4 is 11.8 Å². The van der Waals surface area contributed by atoms with Crippen LogP contribution < -0.4 is 5.32 Å². The summed E-state index contributed by atoms with van der Waals surface area (Å²) in [6.07, 6.45) is 0.653. The molecule has 0 spiro atoms. The summed E-state index contributed by atoms with van der Waals surface area (Å²) in [5.74, 6) is 1.54. The van der Waals surface area contributed by atoms with E-state index in [2.05, 4.69) is 5.32 Å². The van der Waals surface area contributed by atoms with Gasteiger partial charge in [0, 0.05) is 12.3 Å². The smallest absolute Gasteiger partial charge is 0.145 e. The lowest BCUT2D eigenvalue weighted by Gasteiger charge is -2.19. The van der Waals surface area contributed by atoms with E-state index in [0.717, 1.165) is 23.4 Å². The standard InChI is InChI=1S/C12H16FNS/c1-14-8-10-3-2-4-11(7-10)12(13)5-6-15-9-12/h2-4,7,14H,5-6,8-9H2,1H3. The number of halogens is 1. The van der Waals surface area contributed by atoms with E-state index in [0.29, 0.717) is 12.2 Å². The molecule has 0 aliphatic carbocycles. The second-order valence-electron chi connectivity index (χ2n) is 4.00. The molecule has 2 rings (SSSR count). The van der Waals surface area contributed by atoms with Crippen LogP contribution in [0.1, 0.15) is 17.5 Å². The number of hydrogen-bond acceptors (Lipinski definition) is 2. The van der Waals surface area contributed by atoms with E-state index in [1.807, 2.05) is 31.3 Å². The summed E-state index contributed by atoms with van der Waals surface area (Å²) in [5.41, 5.74) is 0.915. The molecule has 1 fully saturated rings. The number of rotatable bonds is 3. The Labute approximate surface area is 94.5 Å². The van der Waals surface area contributed by atoms with Crippen LogP contribution in [-0.4, -0.2) is 18.6 Å². The molecule has 1 aromatic carbocycles. The van der Waals surface area contributed by atoms with Gasteiger partial charge >= 0.3 is 0 Å². The van der Waals surface area contributed by atoms with Crippen LogP contribution in [-0.2, 0) is 12.2 Å². The highest BCUT2D eigenvalue weighted by Gasteiger charge is 2.36. The summed E-state index contributed by atoms with van der Waals surface area (Å²) in [6, 6.07) is 7.88. The van der Waals surface area contributed by atoms with Crippen LogP contribution in [0.15, 0.2) is 24.3 Å². The zero-order chi connectivity index (χ0) is 10.7. The summed E-state index contributed by atoms with van der Waals surface area (Å²) >= 11 is 1.70. The minimum atomic E-state index is -1.09. The molecule has 3 heteroatoms. The van der Waals surface area contributed by atoms with Crippen molar-refractivity contribution in [3.63, 3.8) is 0 Å². The Morgan fingerprint density at radius 1 is 1.53 bits per heavy atom. The number of alkyl halides is 1. The number of hydrogen-bond donors (Lipinski definition) is 1. The Morgan fingerprint density at radius 3 is 3.07 bits per heavy atom. The first-order valence-corrected chi connectivity index (χ1v) is 6.41. The molecule has 1 nitrogen and oxygen atoms in total. The predicted octanol–water partition coefficient (Wildman–Crippen LogP) is 2.71. The van der Waals surface area contributed by atoms with Crippen molar-refractivity contribution in [3.8, 4) is 0 Å². The lowest BCUT2D eigenvalue weighted by atomic mass is 9.94. The zero-order valence-electron chi connectivity index (χ0n) is 8.92. The maximum Gasteiger partial charge on any atom is 0.145 e. The van der Waals surface area contributed by atoms with Gasteiger partial charge in [0.25, 0.3) is 0 Å². The van der Waals surface area contributed by atoms with Gasteiger partial charge < -0.3 is 5.32 Å². The van der Waals surface area contributed by atoms with Crippen molar-refractivity contribution in [2.24, 2.45) is 0 Å². The van der Waals surface area contributed by atoms with Gasteiger partial charge in [0.05, 0.1) is 0 Å². The molecule has 0 radical (unpaired) electrons. The summed E-state index contributed by atoms with van der Waals surface area (Å²) in [7, 11) is 1.91. The molecule has 0 saturated carbocycles. The fourth-order valence-corrected chi connectivity index (χ4v) is 3.18. The van der Waals surface area contributed by atoms with Crippen LogP contribution in [0.4, 0.5) is 4.39 Å². The maximum absolute atomic E-state index is 14.4. The lowest BCUT2D eigenvalue weighted by molar-refractivity contribution is 0.202. The lowest BCUT2D eigenvalue weighted by Crippen LogP contribution is -2.19. The Kier molecular flexibility index (Phi) is 3.32. The highest BCUT2D eigenvalue weighted by atomic mass is 32.2. The Hall–Kier alpha value is -0.540. The molecular formula is C12H16FNS. The molecule has 1 aliphatic heterocycles. The molecule has 82 valence electrons. The van der Waals surface area contributed by atoms with Gasteiger partial charge in [-0.1, -0.05) is 24.3 Å². The number of benzene rings is 1. The molecule has 1 unspecified atom stereocenters. The van der Waals surface area contributed by atoms with E-state index >= 15 is 0 Å². The van der Waals surface area contributed by atoms with Crippen LogP contribution in [0.2, 0.25) is 0 Å². The van der Waals surface area contributed by atoms with Gasteiger partial charge in [0.2, 0.25) is 0 Å². The average Bonchev–Trinajstić information content (AvgIpc) is 2.68. The van der Waals surface area contributed by atoms with E-state index in [1.54, 1.807) is 11.8 Å². The molecule has 15 heavy (non-hydrogen) atoms. The largest absolute Gasteiger partial charge is 0.316 e. The normalized spacial score (nSPS) is 25.7. The quantitative estimate of drug-likeness (QED) is 0.849. The molecule has 1 aliphatic rings. The minimum absolute atomic E-state index is 0.607. The van der Waals surface area contributed by atoms with Gasteiger partial charge in [0.1, 0.15) is 5.67 Å². The van der Waals surface area contributed by atoms with Gasteiger partial charge in [-0.05, 0) is 30.3 Å². The average molecular weight is 225 g/mol. The topological polar surface area (TPSA) is 12.0 Å². The summed E-state index contributed by atoms with van der Waals surface area (Å²) in [4.78, 5) is 0. The third kappa shape index (κ3) is 2.34. The number of thioether (sulfide) groups is 1. The molecule has 1 heterocycles. The van der Waals surface area contributed by atoms with Crippen molar-refractivity contribution < 1.29 is 4.39 Å². The van der Waals surface area contributed by atoms with Crippen molar-refractivity contribution in [1.29, 1.82) is 0 Å². The van der Waals surface area contributed by atoms with Gasteiger partial charge in [-0.15, -0.1) is 0 Å². The first kappa shape index (κ1) is 11.0. The maximum atomic E-state index is 14.4. The summed E-state index contributed by atoms with van der Waals surface area (Å²) < 4.78 is 14.4. The zero-order valence-corrected chi connectivity index (χ0v) is 9.74. The van der Waals surface area contributed by atoms with Gasteiger partial charge in [-0.2, -0.15) is 11.8 Å². The highest BCUT2D eigenvalue weighted by Crippen LogP contribution is 2.40. The van der Waals surface area contributed by atoms with Crippen LogP contribution in [0.25, 0.3) is 0 Å². The number of nitrogens with one attached hydrogen (secondary N) is 1. The third-order valence-corrected chi connectivity index (χ3v) is 3.95. The molecule has 0 amide bonds. The van der Waals surface area contributed by atoms with Crippen LogP contribution in [0.5, 0.6) is 0 Å². The van der Waals surface area contributed by atoms with Crippen LogP contribution >= 0.6 is 11.8 Å². The molecule has 0 bridgehead atoms. The Bertz CT molecular complexity index is 334. The monoisotopic (exact) mass is 225 g/mol. The first-order valence-electron chi connectivity index (χ1n) is 5.25. The van der Waals surface area contributed by atoms with E-state index in [1.165, 1.54) is 0 Å². The van der Waals surface area contributed by atoms with E-state index in [-0.39, 0.29) is 0 Å². The van der Waals surface area contributed by atoms with Crippen molar-refractivity contribution in [2.45, 2.75) is 18.6 Å². The Morgan fingerprint density at radius 2 is 2.40 bits per heavy atom. The molecule has 1 aromatic rings. The SMILES string of the molecule is CNCc1cccc(C2(F)CCSC2)c1. The fourth-order valence-electron chi connectivity index (χ4n) is 1.93. The first-order chi connectivity index (χ1) is 7.24. The minimum Gasteiger partial charge on any atom is -0.316 e. The van der Waals surface area contributed by atoms with Crippen molar-refractivity contribution in [1.82, 2.24) is 5.32 Å².